The second-order valence-corrected chi connectivity index (χ2v) is 5.18. The van der Waals surface area contributed by atoms with Gasteiger partial charge in [0.05, 0.1) is 12.2 Å². The Hall–Kier alpha value is -0.810. The lowest BCUT2D eigenvalue weighted by Gasteiger charge is -2.20. The van der Waals surface area contributed by atoms with E-state index in [1.807, 2.05) is 20.8 Å². The summed E-state index contributed by atoms with van der Waals surface area (Å²) in [5.74, 6) is 0.650. The third-order valence-electron chi connectivity index (χ3n) is 2.16. The highest BCUT2D eigenvalue weighted by Gasteiger charge is 2.13. The second kappa shape index (κ2) is 11.3. The van der Waals surface area contributed by atoms with Crippen molar-refractivity contribution in [2.75, 3.05) is 6.61 Å². The van der Waals surface area contributed by atoms with Gasteiger partial charge >= 0.3 is 6.16 Å². The van der Waals surface area contributed by atoms with Gasteiger partial charge in [0, 0.05) is 0 Å². The molecule has 0 aromatic rings. The first kappa shape index (κ1) is 19.5. The molecule has 18 heavy (non-hydrogen) atoms. The molecular formula is C13H28O5. The van der Waals surface area contributed by atoms with Crippen LogP contribution in [0, 0.1) is 5.92 Å². The number of carbonyl (C=O) groups is 1. The molecule has 0 saturated heterocycles. The Bertz CT molecular complexity index is 194. The molecule has 0 heterocycles. The first-order valence-electron chi connectivity index (χ1n) is 6.45. The van der Waals surface area contributed by atoms with Crippen LogP contribution in [-0.4, -0.2) is 28.6 Å². The maximum absolute atomic E-state index is 8.56. The zero-order chi connectivity index (χ0) is 14.6. The van der Waals surface area contributed by atoms with E-state index in [1.54, 1.807) is 0 Å². The lowest BCUT2D eigenvalue weighted by atomic mass is 10.0. The van der Waals surface area contributed by atoms with Crippen LogP contribution in [0.25, 0.3) is 0 Å². The summed E-state index contributed by atoms with van der Waals surface area (Å²) in [6, 6.07) is 0. The number of rotatable bonds is 7. The van der Waals surface area contributed by atoms with Crippen LogP contribution in [0.3, 0.4) is 0 Å². The van der Waals surface area contributed by atoms with E-state index in [2.05, 4.69) is 13.8 Å². The zero-order valence-electron chi connectivity index (χ0n) is 12.2. The van der Waals surface area contributed by atoms with Crippen molar-refractivity contribution in [1.82, 2.24) is 0 Å². The molecule has 5 nitrogen and oxygen atoms in total. The Labute approximate surface area is 110 Å². The Kier molecular flexibility index (Phi) is 12.2. The van der Waals surface area contributed by atoms with Crippen LogP contribution in [0.1, 0.15) is 60.3 Å². The highest BCUT2D eigenvalue weighted by atomic mass is 17.2. The topological polar surface area (TPSA) is 76.0 Å². The number of hydrogen-bond donors (Lipinski definition) is 2. The van der Waals surface area contributed by atoms with E-state index in [0.29, 0.717) is 5.92 Å². The van der Waals surface area contributed by atoms with E-state index in [1.165, 1.54) is 25.7 Å². The van der Waals surface area contributed by atoms with E-state index >= 15 is 0 Å². The minimum atomic E-state index is -1.83. The second-order valence-electron chi connectivity index (χ2n) is 5.18. The van der Waals surface area contributed by atoms with Gasteiger partial charge in [-0.05, 0) is 33.1 Å². The van der Waals surface area contributed by atoms with Crippen LogP contribution in [0.4, 0.5) is 4.79 Å². The summed E-state index contributed by atoms with van der Waals surface area (Å²) in [7, 11) is 0. The average molecular weight is 264 g/mol. The average Bonchev–Trinajstić information content (AvgIpc) is 2.20. The number of hydrogen-bond acceptors (Lipinski definition) is 3. The molecule has 0 aromatic carbocycles. The molecule has 0 amide bonds. The molecule has 0 aromatic heterocycles. The van der Waals surface area contributed by atoms with Crippen molar-refractivity contribution in [1.29, 1.82) is 0 Å². The van der Waals surface area contributed by atoms with Gasteiger partial charge in [0.2, 0.25) is 0 Å². The molecule has 0 aliphatic heterocycles. The zero-order valence-corrected chi connectivity index (χ0v) is 12.2. The number of carboxylic acid groups (broad SMARTS) is 2. The molecule has 0 saturated carbocycles. The van der Waals surface area contributed by atoms with Gasteiger partial charge in [-0.2, -0.15) is 0 Å². The van der Waals surface area contributed by atoms with Crippen molar-refractivity contribution < 1.29 is 24.8 Å². The SMILES string of the molecule is CCCCC(CC)COOC(C)(C)C.O=C(O)O. The summed E-state index contributed by atoms with van der Waals surface area (Å²) >= 11 is 0. The van der Waals surface area contributed by atoms with Crippen LogP contribution in [0.2, 0.25) is 0 Å². The van der Waals surface area contributed by atoms with Gasteiger partial charge in [-0.3, -0.25) is 0 Å². The molecule has 2 N–H and O–H groups in total. The molecule has 1 atom stereocenters. The highest BCUT2D eigenvalue weighted by molar-refractivity contribution is 5.53. The van der Waals surface area contributed by atoms with Crippen molar-refractivity contribution in [3.05, 3.63) is 0 Å². The van der Waals surface area contributed by atoms with Crippen molar-refractivity contribution in [3.63, 3.8) is 0 Å². The molecule has 0 rings (SSSR count). The Morgan fingerprint density at radius 1 is 1.22 bits per heavy atom. The van der Waals surface area contributed by atoms with Crippen molar-refractivity contribution in [2.45, 2.75) is 65.9 Å². The summed E-state index contributed by atoms with van der Waals surface area (Å²) < 4.78 is 0. The van der Waals surface area contributed by atoms with Gasteiger partial charge in [-0.15, -0.1) is 0 Å². The van der Waals surface area contributed by atoms with E-state index < -0.39 is 6.16 Å². The first-order chi connectivity index (χ1) is 8.22. The molecular weight excluding hydrogens is 236 g/mol. The highest BCUT2D eigenvalue weighted by Crippen LogP contribution is 2.15. The van der Waals surface area contributed by atoms with E-state index in [9.17, 15) is 0 Å². The first-order valence-corrected chi connectivity index (χ1v) is 6.45. The third-order valence-corrected chi connectivity index (χ3v) is 2.16. The number of unbranched alkanes of at least 4 members (excludes halogenated alkanes) is 1. The lowest BCUT2D eigenvalue weighted by molar-refractivity contribution is -0.353. The fraction of sp³-hybridized carbons (Fsp3) is 0.923. The predicted molar refractivity (Wildman–Crippen MR) is 70.7 cm³/mol. The van der Waals surface area contributed by atoms with Gasteiger partial charge in [-0.25, -0.2) is 14.6 Å². The Morgan fingerprint density at radius 3 is 2.06 bits per heavy atom. The molecule has 0 aliphatic carbocycles. The van der Waals surface area contributed by atoms with Crippen molar-refractivity contribution in [2.24, 2.45) is 5.92 Å². The standard InChI is InChI=1S/C12H26O2.CH2O3/c1-6-8-9-11(7-2)10-13-14-12(3,4)5;2-1(3)4/h11H,6-10H2,1-5H3;(H2,2,3,4). The normalized spacial score (nSPS) is 12.5. The van der Waals surface area contributed by atoms with Crippen LogP contribution in [-0.2, 0) is 9.78 Å². The molecule has 1 unspecified atom stereocenters. The summed E-state index contributed by atoms with van der Waals surface area (Å²) in [6.45, 7) is 11.2. The Balaban J connectivity index is 0. The summed E-state index contributed by atoms with van der Waals surface area (Å²) in [4.78, 5) is 19.0. The third kappa shape index (κ3) is 20.6. The molecule has 0 fully saturated rings. The van der Waals surface area contributed by atoms with E-state index in [0.717, 1.165) is 6.61 Å². The molecule has 0 spiro atoms. The summed E-state index contributed by atoms with van der Waals surface area (Å²) in [6.07, 6.45) is 3.14. The van der Waals surface area contributed by atoms with Gasteiger partial charge in [0.25, 0.3) is 0 Å². The van der Waals surface area contributed by atoms with Crippen molar-refractivity contribution in [3.8, 4) is 0 Å². The largest absolute Gasteiger partial charge is 0.503 e. The minimum Gasteiger partial charge on any atom is -0.450 e. The molecule has 5 heteroatoms. The van der Waals surface area contributed by atoms with Gasteiger partial charge < -0.3 is 10.2 Å². The van der Waals surface area contributed by atoms with Crippen molar-refractivity contribution >= 4 is 6.16 Å². The van der Waals surface area contributed by atoms with Crippen LogP contribution in [0.5, 0.6) is 0 Å². The van der Waals surface area contributed by atoms with E-state index in [4.69, 9.17) is 24.8 Å². The van der Waals surface area contributed by atoms with Crippen LogP contribution < -0.4 is 0 Å². The van der Waals surface area contributed by atoms with Crippen LogP contribution >= 0.6 is 0 Å². The van der Waals surface area contributed by atoms with Gasteiger partial charge in [0.15, 0.2) is 0 Å². The summed E-state index contributed by atoms with van der Waals surface area (Å²) in [5.41, 5.74) is -0.191. The fourth-order valence-electron chi connectivity index (χ4n) is 1.21. The molecule has 0 bridgehead atoms. The molecule has 0 aliphatic rings. The smallest absolute Gasteiger partial charge is 0.450 e. The van der Waals surface area contributed by atoms with Crippen LogP contribution in [0.15, 0.2) is 0 Å². The fourth-order valence-corrected chi connectivity index (χ4v) is 1.21. The maximum Gasteiger partial charge on any atom is 0.503 e. The lowest BCUT2D eigenvalue weighted by Crippen LogP contribution is -2.21. The molecule has 110 valence electrons. The van der Waals surface area contributed by atoms with Gasteiger partial charge in [0.1, 0.15) is 0 Å². The monoisotopic (exact) mass is 264 g/mol. The van der Waals surface area contributed by atoms with E-state index in [-0.39, 0.29) is 5.60 Å². The predicted octanol–water partition coefficient (Wildman–Crippen LogP) is 4.17. The maximum atomic E-state index is 8.56. The van der Waals surface area contributed by atoms with Gasteiger partial charge in [-0.1, -0.05) is 33.1 Å². The molecule has 0 radical (unpaired) electrons. The Morgan fingerprint density at radius 2 is 1.72 bits per heavy atom. The minimum absolute atomic E-state index is 0.191. The quantitative estimate of drug-likeness (QED) is 0.533. The summed E-state index contributed by atoms with van der Waals surface area (Å²) in [5, 5.41) is 13.9.